The second kappa shape index (κ2) is 6.90. The van der Waals surface area contributed by atoms with Crippen molar-refractivity contribution in [2.24, 2.45) is 20.0 Å². The van der Waals surface area contributed by atoms with Crippen LogP contribution in [0.5, 0.6) is 0 Å². The monoisotopic (exact) mass is 367 g/mol. The molecule has 0 aliphatic rings. The summed E-state index contributed by atoms with van der Waals surface area (Å²) in [5.74, 6) is -0.161. The van der Waals surface area contributed by atoms with E-state index < -0.39 is 11.5 Å². The minimum atomic E-state index is -0.438. The van der Waals surface area contributed by atoms with E-state index in [-0.39, 0.29) is 17.2 Å². The van der Waals surface area contributed by atoms with E-state index in [0.29, 0.717) is 17.4 Å². The van der Waals surface area contributed by atoms with Gasteiger partial charge in [0.25, 0.3) is 11.5 Å². The maximum absolute atomic E-state index is 13.0. The number of benzene rings is 1. The molecule has 0 spiro atoms. The third kappa shape index (κ3) is 3.20. The highest BCUT2D eigenvalue weighted by molar-refractivity contribution is 6.09. The van der Waals surface area contributed by atoms with E-state index in [1.807, 2.05) is 52.2 Å². The number of carbonyl (C=O) groups excluding carboxylic acids is 1. The van der Waals surface area contributed by atoms with Gasteiger partial charge in [0.1, 0.15) is 5.56 Å². The summed E-state index contributed by atoms with van der Waals surface area (Å²) in [6, 6.07) is 5.64. The molecule has 142 valence electrons. The molecule has 3 N–H and O–H groups in total. The Morgan fingerprint density at radius 1 is 1.26 bits per heavy atom. The van der Waals surface area contributed by atoms with E-state index in [9.17, 15) is 9.59 Å². The van der Waals surface area contributed by atoms with Crippen LogP contribution in [0.4, 0.5) is 5.69 Å². The van der Waals surface area contributed by atoms with Crippen molar-refractivity contribution in [3.05, 3.63) is 46.0 Å². The third-order valence-electron chi connectivity index (χ3n) is 4.65. The number of amides is 1. The first-order chi connectivity index (χ1) is 12.7. The van der Waals surface area contributed by atoms with E-state index in [1.165, 1.54) is 4.57 Å². The second-order valence-corrected chi connectivity index (χ2v) is 7.26. The molecule has 1 aromatic carbocycles. The number of nitrogen functional groups attached to an aromatic ring is 1. The number of hydrogen-bond acceptors (Lipinski definition) is 4. The summed E-state index contributed by atoms with van der Waals surface area (Å²) in [4.78, 5) is 25.5. The van der Waals surface area contributed by atoms with Gasteiger partial charge in [-0.2, -0.15) is 5.10 Å². The van der Waals surface area contributed by atoms with E-state index in [1.54, 1.807) is 11.7 Å². The van der Waals surface area contributed by atoms with Crippen molar-refractivity contribution in [2.45, 2.75) is 20.8 Å². The van der Waals surface area contributed by atoms with Gasteiger partial charge in [0, 0.05) is 43.4 Å². The first kappa shape index (κ1) is 18.7. The second-order valence-electron chi connectivity index (χ2n) is 7.26. The largest absolute Gasteiger partial charge is 0.397 e. The van der Waals surface area contributed by atoms with E-state index in [4.69, 9.17) is 5.73 Å². The summed E-state index contributed by atoms with van der Waals surface area (Å²) in [5, 5.41) is 7.85. The van der Waals surface area contributed by atoms with E-state index >= 15 is 0 Å². The first-order valence-corrected chi connectivity index (χ1v) is 8.92. The highest BCUT2D eigenvalue weighted by Gasteiger charge is 2.22. The predicted molar refractivity (Wildman–Crippen MR) is 108 cm³/mol. The molecule has 27 heavy (non-hydrogen) atoms. The molecule has 3 rings (SSSR count). The quantitative estimate of drug-likeness (QED) is 0.739. The van der Waals surface area contributed by atoms with Crippen molar-refractivity contribution in [1.29, 1.82) is 0 Å². The third-order valence-corrected chi connectivity index (χ3v) is 4.65. The standard InChI is InChI=1S/C20H25N5O2/c1-11(2)9-22-19(26)16-17(21)14-8-6-7-13(18(14)25(5)20(16)27)15-10-24(4)23-12(15)3/h6-8,10-11H,9,21H2,1-5H3,(H,22,26). The molecule has 0 bridgehead atoms. The molecule has 0 fully saturated rings. The number of hydrogen-bond donors (Lipinski definition) is 2. The van der Waals surface area contributed by atoms with Crippen LogP contribution < -0.4 is 16.6 Å². The van der Waals surface area contributed by atoms with Crippen LogP contribution in [-0.4, -0.2) is 26.8 Å². The molecule has 2 aromatic heterocycles. The number of nitrogens with two attached hydrogens (primary N) is 1. The maximum atomic E-state index is 13.0. The molecule has 0 aliphatic carbocycles. The summed E-state index contributed by atoms with van der Waals surface area (Å²) in [7, 11) is 3.52. The molecule has 0 saturated carbocycles. The summed E-state index contributed by atoms with van der Waals surface area (Å²) in [6.45, 7) is 6.38. The van der Waals surface area contributed by atoms with E-state index in [2.05, 4.69) is 10.4 Å². The summed E-state index contributed by atoms with van der Waals surface area (Å²) in [6.07, 6.45) is 1.91. The Hall–Kier alpha value is -3.09. The van der Waals surface area contributed by atoms with Crippen LogP contribution in [-0.2, 0) is 14.1 Å². The lowest BCUT2D eigenvalue weighted by atomic mass is 9.99. The lowest BCUT2D eigenvalue weighted by Crippen LogP contribution is -2.35. The average Bonchev–Trinajstić information content (AvgIpc) is 2.95. The van der Waals surface area contributed by atoms with Gasteiger partial charge in [-0.3, -0.25) is 14.3 Å². The molecule has 0 saturated heterocycles. The number of carbonyl (C=O) groups is 1. The highest BCUT2D eigenvalue weighted by Crippen LogP contribution is 2.32. The molecular weight excluding hydrogens is 342 g/mol. The normalized spacial score (nSPS) is 11.3. The van der Waals surface area contributed by atoms with Crippen LogP contribution in [0.1, 0.15) is 29.9 Å². The van der Waals surface area contributed by atoms with Crippen LogP contribution in [0, 0.1) is 12.8 Å². The van der Waals surface area contributed by atoms with Crippen LogP contribution in [0.25, 0.3) is 22.0 Å². The van der Waals surface area contributed by atoms with Gasteiger partial charge in [-0.15, -0.1) is 0 Å². The van der Waals surface area contributed by atoms with Crippen LogP contribution in [0.3, 0.4) is 0 Å². The van der Waals surface area contributed by atoms with Gasteiger partial charge in [0.05, 0.1) is 16.9 Å². The van der Waals surface area contributed by atoms with Gasteiger partial charge in [0.2, 0.25) is 0 Å². The number of rotatable bonds is 4. The zero-order valence-corrected chi connectivity index (χ0v) is 16.3. The summed E-state index contributed by atoms with van der Waals surface area (Å²) >= 11 is 0. The minimum Gasteiger partial charge on any atom is -0.397 e. The van der Waals surface area contributed by atoms with Crippen molar-refractivity contribution in [2.75, 3.05) is 12.3 Å². The van der Waals surface area contributed by atoms with Crippen LogP contribution in [0.15, 0.2) is 29.2 Å². The molecular formula is C20H25N5O2. The molecule has 3 aromatic rings. The average molecular weight is 367 g/mol. The van der Waals surface area contributed by atoms with Gasteiger partial charge >= 0.3 is 0 Å². The van der Waals surface area contributed by atoms with Crippen molar-refractivity contribution in [3.8, 4) is 11.1 Å². The fourth-order valence-corrected chi connectivity index (χ4v) is 3.33. The molecule has 7 nitrogen and oxygen atoms in total. The number of aromatic nitrogens is 3. The Balaban J connectivity index is 2.27. The summed E-state index contributed by atoms with van der Waals surface area (Å²) < 4.78 is 3.23. The number of nitrogens with zero attached hydrogens (tertiary/aromatic N) is 3. The molecule has 0 aliphatic heterocycles. The Morgan fingerprint density at radius 3 is 2.56 bits per heavy atom. The molecule has 2 heterocycles. The van der Waals surface area contributed by atoms with Gasteiger partial charge in [-0.25, -0.2) is 0 Å². The van der Waals surface area contributed by atoms with Gasteiger partial charge < -0.3 is 15.6 Å². The van der Waals surface area contributed by atoms with Crippen LogP contribution in [0.2, 0.25) is 0 Å². The van der Waals surface area contributed by atoms with Crippen LogP contribution >= 0.6 is 0 Å². The fourth-order valence-electron chi connectivity index (χ4n) is 3.33. The van der Waals surface area contributed by atoms with Crippen molar-refractivity contribution in [3.63, 3.8) is 0 Å². The Bertz CT molecular complexity index is 1090. The van der Waals surface area contributed by atoms with Crippen molar-refractivity contribution < 1.29 is 4.79 Å². The zero-order valence-electron chi connectivity index (χ0n) is 16.3. The molecule has 7 heteroatoms. The van der Waals surface area contributed by atoms with Crippen molar-refractivity contribution >= 4 is 22.5 Å². The van der Waals surface area contributed by atoms with Crippen molar-refractivity contribution in [1.82, 2.24) is 19.7 Å². The molecule has 0 atom stereocenters. The number of aryl methyl sites for hydroxylation is 3. The lowest BCUT2D eigenvalue weighted by Gasteiger charge is -2.16. The maximum Gasteiger partial charge on any atom is 0.265 e. The number of pyridine rings is 1. The number of fused-ring (bicyclic) bond motifs is 1. The lowest BCUT2D eigenvalue weighted by molar-refractivity contribution is 0.0948. The number of nitrogens with one attached hydrogen (secondary N) is 1. The van der Waals surface area contributed by atoms with Gasteiger partial charge in [0.15, 0.2) is 0 Å². The first-order valence-electron chi connectivity index (χ1n) is 8.92. The predicted octanol–water partition coefficient (Wildman–Crippen LogP) is 2.22. The molecule has 1 amide bonds. The SMILES string of the molecule is Cc1nn(C)cc1-c1cccc2c(N)c(C(=O)NCC(C)C)c(=O)n(C)c12. The topological polar surface area (TPSA) is 94.9 Å². The molecule has 0 unspecified atom stereocenters. The Morgan fingerprint density at radius 2 is 1.96 bits per heavy atom. The molecule has 0 radical (unpaired) electrons. The fraction of sp³-hybridized carbons (Fsp3) is 0.350. The number of anilines is 1. The zero-order chi connectivity index (χ0) is 19.9. The minimum absolute atomic E-state index is 0.00860. The smallest absolute Gasteiger partial charge is 0.265 e. The highest BCUT2D eigenvalue weighted by atomic mass is 16.2. The number of para-hydroxylation sites is 1. The Kier molecular flexibility index (Phi) is 4.78. The summed E-state index contributed by atoms with van der Waals surface area (Å²) in [5.41, 5.74) is 9.41. The van der Waals surface area contributed by atoms with E-state index in [0.717, 1.165) is 16.8 Å². The van der Waals surface area contributed by atoms with Gasteiger partial charge in [-0.05, 0) is 12.8 Å². The van der Waals surface area contributed by atoms with Gasteiger partial charge in [-0.1, -0.05) is 32.0 Å². The Labute approximate surface area is 157 Å².